The molecule has 1 aliphatic heterocycles. The Balaban J connectivity index is 1.27. The maximum absolute atomic E-state index is 13.8. The molecular formula is C23H24FN7O2. The highest BCUT2D eigenvalue weighted by atomic mass is 19.1. The first-order valence-corrected chi connectivity index (χ1v) is 10.7. The summed E-state index contributed by atoms with van der Waals surface area (Å²) in [6.07, 6.45) is 2.51. The summed E-state index contributed by atoms with van der Waals surface area (Å²) in [4.78, 5) is 16.9. The number of methoxy groups -OCH3 is 1. The van der Waals surface area contributed by atoms with Crippen molar-refractivity contribution >= 4 is 5.91 Å². The second-order valence-electron chi connectivity index (χ2n) is 7.83. The van der Waals surface area contributed by atoms with E-state index >= 15 is 0 Å². The lowest BCUT2D eigenvalue weighted by atomic mass is 10.1. The molecule has 1 aliphatic rings. The molecule has 9 nitrogen and oxygen atoms in total. The summed E-state index contributed by atoms with van der Waals surface area (Å²) >= 11 is 0. The Labute approximate surface area is 191 Å². The van der Waals surface area contributed by atoms with Crippen LogP contribution in [0.5, 0.6) is 5.75 Å². The van der Waals surface area contributed by atoms with Crippen molar-refractivity contribution in [3.05, 3.63) is 65.2 Å². The summed E-state index contributed by atoms with van der Waals surface area (Å²) in [5, 5.41) is 20.2. The Kier molecular flexibility index (Phi) is 6.90. The van der Waals surface area contributed by atoms with Crippen molar-refractivity contribution in [2.45, 2.75) is 12.8 Å². The number of halogens is 1. The van der Waals surface area contributed by atoms with Crippen molar-refractivity contribution in [1.82, 2.24) is 30.0 Å². The molecule has 1 saturated heterocycles. The first-order chi connectivity index (χ1) is 16.1. The zero-order chi connectivity index (χ0) is 23.2. The van der Waals surface area contributed by atoms with Crippen LogP contribution >= 0.6 is 0 Å². The number of nitriles is 1. The van der Waals surface area contributed by atoms with Gasteiger partial charge in [0.2, 0.25) is 5.91 Å². The van der Waals surface area contributed by atoms with E-state index in [1.54, 1.807) is 10.7 Å². The average molecular weight is 449 g/mol. The average Bonchev–Trinajstić information content (AvgIpc) is 3.39. The maximum Gasteiger partial charge on any atom is 0.227 e. The Hall–Kier alpha value is -3.84. The predicted octanol–water partition coefficient (Wildman–Crippen LogP) is 1.61. The van der Waals surface area contributed by atoms with Crippen molar-refractivity contribution in [2.24, 2.45) is 0 Å². The van der Waals surface area contributed by atoms with Crippen LogP contribution in [0.25, 0.3) is 5.69 Å². The van der Waals surface area contributed by atoms with Crippen LogP contribution < -0.4 is 4.74 Å². The Bertz CT molecular complexity index is 1130. The number of hydrogen-bond donors (Lipinski definition) is 0. The number of hydrogen-bond acceptors (Lipinski definition) is 7. The van der Waals surface area contributed by atoms with Gasteiger partial charge >= 0.3 is 0 Å². The molecule has 0 aliphatic carbocycles. The standard InChI is InChI=1S/C23H24FN7O2/c1-33-22-14-21(24)19(15-25)13-18(22)6-7-29-8-10-30(11-9-29)23(32)12-17-2-4-20(5-3-17)31-16-26-27-28-31/h2-5,13-14,16H,6-12H2,1H3. The summed E-state index contributed by atoms with van der Waals surface area (Å²) in [5.74, 6) is -0.0228. The number of piperazine rings is 1. The lowest BCUT2D eigenvalue weighted by Crippen LogP contribution is -2.49. The molecule has 1 fully saturated rings. The number of rotatable bonds is 7. The van der Waals surface area contributed by atoms with E-state index in [1.807, 2.05) is 35.2 Å². The lowest BCUT2D eigenvalue weighted by molar-refractivity contribution is -0.132. The molecule has 1 amide bonds. The number of tetrazole rings is 1. The van der Waals surface area contributed by atoms with Crippen molar-refractivity contribution < 1.29 is 13.9 Å². The summed E-state index contributed by atoms with van der Waals surface area (Å²) in [6.45, 7) is 3.59. The highest BCUT2D eigenvalue weighted by Crippen LogP contribution is 2.23. The topological polar surface area (TPSA) is 100 Å². The molecule has 0 bridgehead atoms. The highest BCUT2D eigenvalue weighted by molar-refractivity contribution is 5.79. The minimum Gasteiger partial charge on any atom is -0.496 e. The SMILES string of the molecule is COc1cc(F)c(C#N)cc1CCN1CCN(C(=O)Cc2ccc(-n3cnnn3)cc2)CC1. The van der Waals surface area contributed by atoms with Crippen LogP contribution in [0.4, 0.5) is 4.39 Å². The van der Waals surface area contributed by atoms with Crippen LogP contribution in [-0.4, -0.2) is 75.7 Å². The van der Waals surface area contributed by atoms with Gasteiger partial charge in [-0.2, -0.15) is 5.26 Å². The van der Waals surface area contributed by atoms with E-state index < -0.39 is 5.82 Å². The maximum atomic E-state index is 13.8. The van der Waals surface area contributed by atoms with E-state index in [0.29, 0.717) is 31.7 Å². The summed E-state index contributed by atoms with van der Waals surface area (Å²) in [7, 11) is 1.49. The van der Waals surface area contributed by atoms with Crippen molar-refractivity contribution in [3.8, 4) is 17.5 Å². The molecule has 0 spiro atoms. The van der Waals surface area contributed by atoms with Gasteiger partial charge in [-0.15, -0.1) is 5.10 Å². The molecular weight excluding hydrogens is 425 g/mol. The fourth-order valence-electron chi connectivity index (χ4n) is 3.90. The number of benzene rings is 2. The number of nitrogens with zero attached hydrogens (tertiary/aromatic N) is 7. The fourth-order valence-corrected chi connectivity index (χ4v) is 3.90. The van der Waals surface area contributed by atoms with Crippen LogP contribution in [0.3, 0.4) is 0 Å². The van der Waals surface area contributed by atoms with Gasteiger partial charge in [0.25, 0.3) is 0 Å². The molecule has 0 unspecified atom stereocenters. The number of aromatic nitrogens is 4. The largest absolute Gasteiger partial charge is 0.496 e. The third kappa shape index (κ3) is 5.32. The normalized spacial score (nSPS) is 14.2. The zero-order valence-corrected chi connectivity index (χ0v) is 18.3. The van der Waals surface area contributed by atoms with Gasteiger partial charge in [-0.1, -0.05) is 12.1 Å². The third-order valence-corrected chi connectivity index (χ3v) is 5.82. The molecule has 0 saturated carbocycles. The van der Waals surface area contributed by atoms with E-state index in [0.717, 1.165) is 36.4 Å². The smallest absolute Gasteiger partial charge is 0.227 e. The molecule has 170 valence electrons. The molecule has 1 aromatic heterocycles. The zero-order valence-electron chi connectivity index (χ0n) is 18.3. The molecule has 0 N–H and O–H groups in total. The Morgan fingerprint density at radius 1 is 1.18 bits per heavy atom. The first-order valence-electron chi connectivity index (χ1n) is 10.7. The lowest BCUT2D eigenvalue weighted by Gasteiger charge is -2.35. The van der Waals surface area contributed by atoms with Crippen LogP contribution in [0.15, 0.2) is 42.7 Å². The van der Waals surface area contributed by atoms with Crippen LogP contribution in [0.2, 0.25) is 0 Å². The second kappa shape index (κ2) is 10.2. The van der Waals surface area contributed by atoms with Crippen molar-refractivity contribution in [3.63, 3.8) is 0 Å². The molecule has 2 aromatic carbocycles. The summed E-state index contributed by atoms with van der Waals surface area (Å²) in [6, 6.07) is 12.3. The quantitative estimate of drug-likeness (QED) is 0.540. The summed E-state index contributed by atoms with van der Waals surface area (Å²) in [5.41, 5.74) is 2.60. The van der Waals surface area contributed by atoms with E-state index in [9.17, 15) is 9.18 Å². The van der Waals surface area contributed by atoms with Gasteiger partial charge in [0, 0.05) is 38.8 Å². The van der Waals surface area contributed by atoms with E-state index in [2.05, 4.69) is 20.4 Å². The minimum absolute atomic E-state index is 0.0206. The van der Waals surface area contributed by atoms with Gasteiger partial charge in [-0.25, -0.2) is 9.07 Å². The number of ether oxygens (including phenoxy) is 1. The van der Waals surface area contributed by atoms with Crippen molar-refractivity contribution in [2.75, 3.05) is 39.8 Å². The second-order valence-corrected chi connectivity index (χ2v) is 7.83. The Morgan fingerprint density at radius 2 is 1.94 bits per heavy atom. The van der Waals surface area contributed by atoms with Gasteiger partial charge < -0.3 is 9.64 Å². The molecule has 0 atom stereocenters. The number of carbonyl (C=O) groups is 1. The molecule has 33 heavy (non-hydrogen) atoms. The van der Waals surface area contributed by atoms with E-state index in [4.69, 9.17) is 10.00 Å². The Morgan fingerprint density at radius 3 is 2.58 bits per heavy atom. The van der Waals surface area contributed by atoms with E-state index in [-0.39, 0.29) is 11.5 Å². The predicted molar refractivity (Wildman–Crippen MR) is 117 cm³/mol. The van der Waals surface area contributed by atoms with Crippen LogP contribution in [-0.2, 0) is 17.6 Å². The molecule has 3 aromatic rings. The van der Waals surface area contributed by atoms with Gasteiger partial charge in [-0.3, -0.25) is 9.69 Å². The van der Waals surface area contributed by atoms with E-state index in [1.165, 1.54) is 19.5 Å². The van der Waals surface area contributed by atoms with Crippen LogP contribution in [0.1, 0.15) is 16.7 Å². The molecule has 4 rings (SSSR count). The number of carbonyl (C=O) groups excluding carboxylic acids is 1. The van der Waals surface area contributed by atoms with Gasteiger partial charge in [0.1, 0.15) is 24.0 Å². The molecule has 0 radical (unpaired) electrons. The van der Waals surface area contributed by atoms with Crippen LogP contribution in [0, 0.1) is 17.1 Å². The fraction of sp³-hybridized carbons (Fsp3) is 0.348. The molecule has 10 heteroatoms. The monoisotopic (exact) mass is 449 g/mol. The minimum atomic E-state index is -0.574. The third-order valence-electron chi connectivity index (χ3n) is 5.82. The van der Waals surface area contributed by atoms with Gasteiger partial charge in [0.15, 0.2) is 0 Å². The first kappa shape index (κ1) is 22.4. The van der Waals surface area contributed by atoms with Gasteiger partial charge in [0.05, 0.1) is 24.8 Å². The summed E-state index contributed by atoms with van der Waals surface area (Å²) < 4.78 is 20.6. The molecule has 2 heterocycles. The van der Waals surface area contributed by atoms with Crippen molar-refractivity contribution in [1.29, 1.82) is 5.26 Å². The highest BCUT2D eigenvalue weighted by Gasteiger charge is 2.21. The number of amides is 1. The van der Waals surface area contributed by atoms with Gasteiger partial charge in [-0.05, 0) is 46.2 Å².